The summed E-state index contributed by atoms with van der Waals surface area (Å²) in [7, 11) is 0. The first-order valence-corrected chi connectivity index (χ1v) is 4.85. The van der Waals surface area contributed by atoms with E-state index in [-0.39, 0.29) is 0 Å². The molecule has 0 unspecified atom stereocenters. The number of hydrogen-bond donors (Lipinski definition) is 0. The topological polar surface area (TPSA) is 25.8 Å². The van der Waals surface area contributed by atoms with Crippen molar-refractivity contribution in [1.29, 1.82) is 0 Å². The van der Waals surface area contributed by atoms with Crippen LogP contribution in [0.2, 0.25) is 0 Å². The number of allylic oxidation sites excluding steroid dienone is 1. The van der Waals surface area contributed by atoms with Crippen LogP contribution in [0.3, 0.4) is 0 Å². The summed E-state index contributed by atoms with van der Waals surface area (Å²) in [6.07, 6.45) is 6.83. The molecule has 0 N–H and O–H groups in total. The van der Waals surface area contributed by atoms with Crippen LogP contribution >= 0.6 is 0 Å². The maximum Gasteiger partial charge on any atom is 0.115 e. The van der Waals surface area contributed by atoms with Gasteiger partial charge in [0.2, 0.25) is 0 Å². The fraction of sp³-hybridized carbons (Fsp3) is 0.455. The van der Waals surface area contributed by atoms with Crippen molar-refractivity contribution >= 4 is 5.57 Å². The summed E-state index contributed by atoms with van der Waals surface area (Å²) in [5, 5.41) is 0. The second-order valence-electron chi connectivity index (χ2n) is 2.84. The van der Waals surface area contributed by atoms with E-state index in [4.69, 9.17) is 0 Å². The van der Waals surface area contributed by atoms with Gasteiger partial charge in [-0.05, 0) is 24.8 Å². The number of fused-ring (bicyclic) bond motifs is 1. The predicted molar refractivity (Wildman–Crippen MR) is 55.4 cm³/mol. The molecule has 70 valence electrons. The van der Waals surface area contributed by atoms with Crippen LogP contribution in [-0.4, -0.2) is 9.97 Å². The molecule has 0 spiro atoms. The Morgan fingerprint density at radius 1 is 1.31 bits per heavy atom. The van der Waals surface area contributed by atoms with Crippen molar-refractivity contribution < 1.29 is 0 Å². The molecular weight excluding hydrogens is 160 g/mol. The van der Waals surface area contributed by atoms with Crippen LogP contribution in [0.25, 0.3) is 5.57 Å². The lowest BCUT2D eigenvalue weighted by Gasteiger charge is -2.15. The van der Waals surface area contributed by atoms with Crippen LogP contribution < -0.4 is 0 Å². The highest BCUT2D eigenvalue weighted by atomic mass is 14.8. The van der Waals surface area contributed by atoms with Gasteiger partial charge in [0.25, 0.3) is 0 Å². The van der Waals surface area contributed by atoms with Gasteiger partial charge in [-0.25, -0.2) is 9.97 Å². The predicted octanol–water partition coefficient (Wildman–Crippen LogP) is 2.85. The Hall–Kier alpha value is -1.18. The zero-order valence-corrected chi connectivity index (χ0v) is 8.38. The molecule has 1 aromatic rings. The van der Waals surface area contributed by atoms with E-state index in [1.54, 1.807) is 6.33 Å². The van der Waals surface area contributed by atoms with Crippen molar-refractivity contribution in [2.24, 2.45) is 0 Å². The summed E-state index contributed by atoms with van der Waals surface area (Å²) in [4.78, 5) is 8.17. The van der Waals surface area contributed by atoms with Crippen molar-refractivity contribution in [3.63, 3.8) is 0 Å². The van der Waals surface area contributed by atoms with Crippen LogP contribution in [0, 0.1) is 0 Å². The number of aromatic nitrogens is 2. The fourth-order valence-electron chi connectivity index (χ4n) is 1.45. The number of hydrogen-bond acceptors (Lipinski definition) is 2. The average Bonchev–Trinajstić information content (AvgIpc) is 2.22. The van der Waals surface area contributed by atoms with Crippen LogP contribution in [0.15, 0.2) is 19.1 Å². The molecule has 2 nitrogen and oxygen atoms in total. The Balaban J connectivity index is 0.000000396. The standard InChI is InChI=1S/C9H10N2.C2H6/c1-7-3-2-4-9-8(7)5-10-6-11-9;1-2/h5-6H,1-4H2;1-2H3. The first-order chi connectivity index (χ1) is 6.38. The molecule has 2 rings (SSSR count). The van der Waals surface area contributed by atoms with E-state index in [1.165, 1.54) is 17.6 Å². The number of rotatable bonds is 0. The third-order valence-corrected chi connectivity index (χ3v) is 2.07. The average molecular weight is 176 g/mol. The molecular formula is C11H16N2. The van der Waals surface area contributed by atoms with Crippen LogP contribution in [0.4, 0.5) is 0 Å². The molecule has 0 aromatic carbocycles. The van der Waals surface area contributed by atoms with Crippen molar-refractivity contribution in [3.8, 4) is 0 Å². The van der Waals surface area contributed by atoms with Crippen molar-refractivity contribution in [1.82, 2.24) is 9.97 Å². The summed E-state index contributed by atoms with van der Waals surface area (Å²) in [5.74, 6) is 0. The molecule has 2 heteroatoms. The quantitative estimate of drug-likeness (QED) is 0.607. The van der Waals surface area contributed by atoms with Crippen LogP contribution in [0.5, 0.6) is 0 Å². The molecule has 13 heavy (non-hydrogen) atoms. The molecule has 0 atom stereocenters. The lowest BCUT2D eigenvalue weighted by molar-refractivity contribution is 0.786. The zero-order valence-electron chi connectivity index (χ0n) is 8.38. The van der Waals surface area contributed by atoms with Crippen molar-refractivity contribution in [2.75, 3.05) is 0 Å². The summed E-state index contributed by atoms with van der Waals surface area (Å²) in [6, 6.07) is 0. The normalized spacial score (nSPS) is 14.2. The minimum Gasteiger partial charge on any atom is -0.244 e. The van der Waals surface area contributed by atoms with E-state index >= 15 is 0 Å². The SMILES string of the molecule is C=C1CCCc2ncncc21.CC. The molecule has 0 aliphatic heterocycles. The minimum atomic E-state index is 1.08. The fourth-order valence-corrected chi connectivity index (χ4v) is 1.45. The van der Waals surface area contributed by atoms with E-state index in [9.17, 15) is 0 Å². The Morgan fingerprint density at radius 2 is 2.08 bits per heavy atom. The summed E-state index contributed by atoms with van der Waals surface area (Å²) in [5.41, 5.74) is 3.52. The summed E-state index contributed by atoms with van der Waals surface area (Å²) >= 11 is 0. The molecule has 1 aromatic heterocycles. The smallest absolute Gasteiger partial charge is 0.115 e. The first-order valence-electron chi connectivity index (χ1n) is 4.85. The number of nitrogens with zero attached hydrogens (tertiary/aromatic N) is 2. The van der Waals surface area contributed by atoms with Gasteiger partial charge in [-0.2, -0.15) is 0 Å². The Kier molecular flexibility index (Phi) is 3.62. The maximum atomic E-state index is 4.20. The highest BCUT2D eigenvalue weighted by Gasteiger charge is 2.12. The third kappa shape index (κ3) is 2.14. The second kappa shape index (κ2) is 4.75. The van der Waals surface area contributed by atoms with E-state index in [0.29, 0.717) is 0 Å². The molecule has 1 aliphatic rings. The second-order valence-corrected chi connectivity index (χ2v) is 2.84. The molecule has 0 saturated heterocycles. The van der Waals surface area contributed by atoms with E-state index < -0.39 is 0 Å². The van der Waals surface area contributed by atoms with E-state index in [2.05, 4.69) is 16.5 Å². The summed E-state index contributed by atoms with van der Waals surface area (Å²) in [6.45, 7) is 7.98. The highest BCUT2D eigenvalue weighted by Crippen LogP contribution is 2.26. The first kappa shape index (κ1) is 9.90. The Morgan fingerprint density at radius 3 is 2.77 bits per heavy atom. The molecule has 0 amide bonds. The monoisotopic (exact) mass is 176 g/mol. The molecule has 0 radical (unpaired) electrons. The van der Waals surface area contributed by atoms with Gasteiger partial charge in [0, 0.05) is 11.8 Å². The zero-order chi connectivity index (χ0) is 9.68. The van der Waals surface area contributed by atoms with Gasteiger partial charge >= 0.3 is 0 Å². The van der Waals surface area contributed by atoms with E-state index in [1.807, 2.05) is 20.0 Å². The molecule has 1 heterocycles. The van der Waals surface area contributed by atoms with Gasteiger partial charge in [-0.15, -0.1) is 0 Å². The van der Waals surface area contributed by atoms with Crippen LogP contribution in [0.1, 0.15) is 37.9 Å². The maximum absolute atomic E-state index is 4.20. The minimum absolute atomic E-state index is 1.08. The van der Waals surface area contributed by atoms with Gasteiger partial charge in [0.1, 0.15) is 6.33 Å². The van der Waals surface area contributed by atoms with Crippen LogP contribution in [-0.2, 0) is 6.42 Å². The Bertz CT molecular complexity index is 292. The number of aryl methyl sites for hydroxylation is 1. The van der Waals surface area contributed by atoms with Gasteiger partial charge in [-0.1, -0.05) is 20.4 Å². The Labute approximate surface area is 79.7 Å². The summed E-state index contributed by atoms with van der Waals surface area (Å²) < 4.78 is 0. The lowest BCUT2D eigenvalue weighted by Crippen LogP contribution is -2.03. The molecule has 0 fully saturated rings. The molecule has 0 saturated carbocycles. The van der Waals surface area contributed by atoms with E-state index in [0.717, 1.165) is 18.5 Å². The third-order valence-electron chi connectivity index (χ3n) is 2.07. The van der Waals surface area contributed by atoms with Crippen molar-refractivity contribution in [3.05, 3.63) is 30.4 Å². The van der Waals surface area contributed by atoms with Gasteiger partial charge in [-0.3, -0.25) is 0 Å². The van der Waals surface area contributed by atoms with Gasteiger partial charge in [0.05, 0.1) is 5.69 Å². The molecule has 0 bridgehead atoms. The largest absolute Gasteiger partial charge is 0.244 e. The highest BCUT2D eigenvalue weighted by molar-refractivity contribution is 5.65. The van der Waals surface area contributed by atoms with Gasteiger partial charge in [0.15, 0.2) is 0 Å². The van der Waals surface area contributed by atoms with Gasteiger partial charge < -0.3 is 0 Å². The lowest BCUT2D eigenvalue weighted by atomic mass is 9.93. The van der Waals surface area contributed by atoms with Crippen molar-refractivity contribution in [2.45, 2.75) is 33.1 Å². The molecule has 1 aliphatic carbocycles.